The van der Waals surface area contributed by atoms with E-state index in [1.54, 1.807) is 0 Å². The molecule has 0 saturated heterocycles. The van der Waals surface area contributed by atoms with E-state index in [-0.39, 0.29) is 5.91 Å². The van der Waals surface area contributed by atoms with E-state index >= 15 is 0 Å². The lowest BCUT2D eigenvalue weighted by Gasteiger charge is -2.20. The van der Waals surface area contributed by atoms with Gasteiger partial charge in [0, 0.05) is 13.0 Å². The van der Waals surface area contributed by atoms with Gasteiger partial charge in [-0.05, 0) is 32.4 Å². The minimum atomic E-state index is 0.193. The number of nitrogens with zero attached hydrogens (tertiary/aromatic N) is 1. The van der Waals surface area contributed by atoms with Crippen molar-refractivity contribution < 1.29 is 9.90 Å². The molecule has 0 heterocycles. The van der Waals surface area contributed by atoms with E-state index in [2.05, 4.69) is 24.1 Å². The van der Waals surface area contributed by atoms with Crippen LogP contribution >= 0.6 is 0 Å². The van der Waals surface area contributed by atoms with Gasteiger partial charge < -0.3 is 10.4 Å². The average molecular weight is 315 g/mol. The van der Waals surface area contributed by atoms with Crippen LogP contribution in [-0.4, -0.2) is 42.3 Å². The van der Waals surface area contributed by atoms with E-state index in [1.165, 1.54) is 38.5 Å². The predicted molar refractivity (Wildman–Crippen MR) is 93.8 cm³/mol. The molecule has 0 aliphatic rings. The van der Waals surface area contributed by atoms with Crippen molar-refractivity contribution in [2.45, 2.75) is 84.5 Å². The van der Waals surface area contributed by atoms with E-state index in [0.29, 0.717) is 19.7 Å². The molecule has 0 bridgehead atoms. The summed E-state index contributed by atoms with van der Waals surface area (Å²) in [6.07, 6.45) is 12.3. The van der Waals surface area contributed by atoms with Gasteiger partial charge in [0.1, 0.15) is 0 Å². The zero-order chi connectivity index (χ0) is 16.5. The van der Waals surface area contributed by atoms with Crippen LogP contribution in [0.5, 0.6) is 0 Å². The maximum absolute atomic E-state index is 11.7. The summed E-state index contributed by atoms with van der Waals surface area (Å²) < 4.78 is 0. The van der Waals surface area contributed by atoms with Gasteiger partial charge in [0.2, 0.25) is 5.91 Å². The fraction of sp³-hybridized carbons (Fsp3) is 0.944. The molecule has 4 heteroatoms. The van der Waals surface area contributed by atoms with Crippen LogP contribution in [0.4, 0.5) is 0 Å². The van der Waals surface area contributed by atoms with E-state index < -0.39 is 0 Å². The molecule has 0 aromatic rings. The summed E-state index contributed by atoms with van der Waals surface area (Å²) in [4.78, 5) is 14.0. The number of rotatable bonds is 16. The molecule has 2 N–H and O–H groups in total. The quantitative estimate of drug-likeness (QED) is 0.337. The summed E-state index contributed by atoms with van der Waals surface area (Å²) in [5.74, 6) is 0.193. The first-order chi connectivity index (χ1) is 10.7. The van der Waals surface area contributed by atoms with Crippen molar-refractivity contribution >= 4 is 5.91 Å². The fourth-order valence-corrected chi connectivity index (χ4v) is 2.50. The molecule has 0 radical (unpaired) electrons. The van der Waals surface area contributed by atoms with Crippen LogP contribution in [0.25, 0.3) is 0 Å². The van der Waals surface area contributed by atoms with Crippen LogP contribution in [0, 0.1) is 0 Å². The fourth-order valence-electron chi connectivity index (χ4n) is 2.50. The molecule has 22 heavy (non-hydrogen) atoms. The van der Waals surface area contributed by atoms with Crippen LogP contribution in [0.2, 0.25) is 0 Å². The number of carbonyl (C=O) groups excluding carboxylic acids is 1. The van der Waals surface area contributed by atoms with Crippen molar-refractivity contribution in [1.29, 1.82) is 0 Å². The molecule has 0 aliphatic heterocycles. The summed E-state index contributed by atoms with van der Waals surface area (Å²) in [5.41, 5.74) is 0. The van der Waals surface area contributed by atoms with Gasteiger partial charge in [-0.3, -0.25) is 9.69 Å². The second-order valence-corrected chi connectivity index (χ2v) is 6.12. The molecule has 0 rings (SSSR count). The van der Waals surface area contributed by atoms with Crippen molar-refractivity contribution in [3.63, 3.8) is 0 Å². The van der Waals surface area contributed by atoms with E-state index in [1.807, 2.05) is 0 Å². The van der Waals surface area contributed by atoms with Gasteiger partial charge in [0.05, 0.1) is 6.67 Å². The molecule has 0 aromatic carbocycles. The maximum atomic E-state index is 11.7. The number of carbonyl (C=O) groups is 1. The Morgan fingerprint density at radius 1 is 0.909 bits per heavy atom. The number of aliphatic hydroxyl groups is 1. The first-order valence-electron chi connectivity index (χ1n) is 9.34. The van der Waals surface area contributed by atoms with Crippen LogP contribution in [-0.2, 0) is 4.79 Å². The molecule has 0 aliphatic carbocycles. The van der Waals surface area contributed by atoms with Crippen LogP contribution in [0.3, 0.4) is 0 Å². The van der Waals surface area contributed by atoms with Crippen LogP contribution in [0.15, 0.2) is 0 Å². The van der Waals surface area contributed by atoms with Crippen molar-refractivity contribution in [1.82, 2.24) is 10.2 Å². The summed E-state index contributed by atoms with van der Waals surface area (Å²) in [7, 11) is 0. The maximum Gasteiger partial charge on any atom is 0.220 e. The average Bonchev–Trinajstić information content (AvgIpc) is 2.53. The van der Waals surface area contributed by atoms with Gasteiger partial charge >= 0.3 is 0 Å². The van der Waals surface area contributed by atoms with Crippen molar-refractivity contribution in [3.8, 4) is 0 Å². The Hall–Kier alpha value is -0.610. The molecule has 4 nitrogen and oxygen atoms in total. The molecule has 0 saturated carbocycles. The van der Waals surface area contributed by atoms with Crippen molar-refractivity contribution in [3.05, 3.63) is 0 Å². The molecule has 0 fully saturated rings. The largest absolute Gasteiger partial charge is 0.396 e. The third-order valence-corrected chi connectivity index (χ3v) is 4.09. The van der Waals surface area contributed by atoms with Gasteiger partial charge in [-0.15, -0.1) is 0 Å². The summed E-state index contributed by atoms with van der Waals surface area (Å²) in [6.45, 7) is 7.39. The second kappa shape index (κ2) is 16.8. The number of amides is 1. The first kappa shape index (κ1) is 21.4. The third-order valence-electron chi connectivity index (χ3n) is 4.09. The highest BCUT2D eigenvalue weighted by Crippen LogP contribution is 2.06. The third kappa shape index (κ3) is 14.3. The number of hydrogen-bond donors (Lipinski definition) is 2. The lowest BCUT2D eigenvalue weighted by Crippen LogP contribution is -2.38. The molecule has 132 valence electrons. The monoisotopic (exact) mass is 314 g/mol. The van der Waals surface area contributed by atoms with Crippen molar-refractivity contribution in [2.24, 2.45) is 0 Å². The van der Waals surface area contributed by atoms with Crippen molar-refractivity contribution in [2.75, 3.05) is 26.4 Å². The van der Waals surface area contributed by atoms with Crippen LogP contribution in [0.1, 0.15) is 84.5 Å². The van der Waals surface area contributed by atoms with E-state index in [0.717, 1.165) is 38.8 Å². The summed E-state index contributed by atoms with van der Waals surface area (Å²) >= 11 is 0. The number of unbranched alkanes of at least 4 members (excludes halogenated alkanes) is 8. The van der Waals surface area contributed by atoms with E-state index in [9.17, 15) is 4.79 Å². The highest BCUT2D eigenvalue weighted by atomic mass is 16.2. The Labute approximate surface area is 137 Å². The lowest BCUT2D eigenvalue weighted by atomic mass is 10.1. The van der Waals surface area contributed by atoms with Gasteiger partial charge in [-0.25, -0.2) is 0 Å². The minimum absolute atomic E-state index is 0.193. The highest BCUT2D eigenvalue weighted by molar-refractivity contribution is 5.75. The van der Waals surface area contributed by atoms with Crippen LogP contribution < -0.4 is 5.32 Å². The molecular weight excluding hydrogens is 276 g/mol. The standard InChI is InChI=1S/C18H38N2O2/c1-3-5-6-11-14-18(22)19-17-20(4-2)15-12-9-7-8-10-13-16-21/h21H,3-17H2,1-2H3,(H,19,22). The number of nitrogens with one attached hydrogen (secondary N) is 1. The second-order valence-electron chi connectivity index (χ2n) is 6.12. The molecule has 0 aromatic heterocycles. The zero-order valence-electron chi connectivity index (χ0n) is 14.9. The summed E-state index contributed by atoms with van der Waals surface area (Å²) in [6, 6.07) is 0. The molecule has 0 unspecified atom stereocenters. The lowest BCUT2D eigenvalue weighted by molar-refractivity contribution is -0.121. The van der Waals surface area contributed by atoms with Gasteiger partial charge in [0.25, 0.3) is 0 Å². The molecule has 0 atom stereocenters. The Morgan fingerprint density at radius 3 is 2.18 bits per heavy atom. The number of aliphatic hydroxyl groups excluding tert-OH is 1. The zero-order valence-corrected chi connectivity index (χ0v) is 14.9. The van der Waals surface area contributed by atoms with Gasteiger partial charge in [0.15, 0.2) is 0 Å². The van der Waals surface area contributed by atoms with Gasteiger partial charge in [-0.2, -0.15) is 0 Å². The topological polar surface area (TPSA) is 52.6 Å². The highest BCUT2D eigenvalue weighted by Gasteiger charge is 2.05. The van der Waals surface area contributed by atoms with E-state index in [4.69, 9.17) is 5.11 Å². The smallest absolute Gasteiger partial charge is 0.220 e. The summed E-state index contributed by atoms with van der Waals surface area (Å²) in [5, 5.41) is 11.8. The molecule has 0 spiro atoms. The normalized spacial score (nSPS) is 11.1. The molecule has 1 amide bonds. The Morgan fingerprint density at radius 2 is 1.55 bits per heavy atom. The Balaban J connectivity index is 3.51. The predicted octanol–water partition coefficient (Wildman–Crippen LogP) is 3.69. The number of hydrogen-bond acceptors (Lipinski definition) is 3. The Bertz CT molecular complexity index is 247. The SMILES string of the molecule is CCCCCCC(=O)NCN(CC)CCCCCCCCO. The van der Waals surface area contributed by atoms with Gasteiger partial charge in [-0.1, -0.05) is 58.8 Å². The first-order valence-corrected chi connectivity index (χ1v) is 9.34. The minimum Gasteiger partial charge on any atom is -0.396 e. The Kier molecular flexibility index (Phi) is 16.3. The molecular formula is C18H38N2O2.